The normalized spacial score (nSPS) is 10.9. The number of fused-ring (bicyclic) bond motifs is 2. The summed E-state index contributed by atoms with van der Waals surface area (Å²) in [5.41, 5.74) is 4.03. The molecule has 0 saturated heterocycles. The Bertz CT molecular complexity index is 1210. The fraction of sp³-hybridized carbons (Fsp3) is 0.0870. The van der Waals surface area contributed by atoms with Gasteiger partial charge in [0.25, 0.3) is 0 Å². The minimum Gasteiger partial charge on any atom is -0.490 e. The minimum absolute atomic E-state index is 0.0886. The molecule has 0 atom stereocenters. The van der Waals surface area contributed by atoms with Crippen molar-refractivity contribution in [1.29, 1.82) is 0 Å². The molecule has 3 aromatic rings. The van der Waals surface area contributed by atoms with Crippen LogP contribution in [0.3, 0.4) is 0 Å². The number of H-pyrrole nitrogens is 1. The summed E-state index contributed by atoms with van der Waals surface area (Å²) in [4.78, 5) is 13.7. The van der Waals surface area contributed by atoms with Crippen molar-refractivity contribution in [2.45, 2.75) is 6.92 Å². The molecule has 152 valence electrons. The van der Waals surface area contributed by atoms with Gasteiger partial charge < -0.3 is 20.1 Å². The number of carboxylic acid groups (broad SMARTS) is 1. The molecule has 0 bridgehead atoms. The van der Waals surface area contributed by atoms with Gasteiger partial charge in [0.05, 0.1) is 22.8 Å². The zero-order chi connectivity index (χ0) is 21.3. The van der Waals surface area contributed by atoms with Crippen LogP contribution in [0.4, 0.5) is 15.8 Å². The van der Waals surface area contributed by atoms with Crippen LogP contribution in [-0.2, 0) is 0 Å². The number of nitrogens with one attached hydrogen (secondary N) is 2. The highest BCUT2D eigenvalue weighted by Crippen LogP contribution is 2.37. The number of halogens is 2. The summed E-state index contributed by atoms with van der Waals surface area (Å²) in [6.07, 6.45) is 0. The number of aromatic amines is 1. The molecule has 2 aromatic carbocycles. The van der Waals surface area contributed by atoms with Crippen LogP contribution < -0.4 is 10.1 Å². The molecule has 1 heterocycles. The number of aromatic carboxylic acids is 1. The van der Waals surface area contributed by atoms with Crippen molar-refractivity contribution >= 4 is 39.8 Å². The molecule has 5 rings (SSSR count). The maximum absolute atomic E-state index is 13.9. The fourth-order valence-electron chi connectivity index (χ4n) is 3.12. The van der Waals surface area contributed by atoms with Crippen LogP contribution in [0.5, 0.6) is 5.75 Å². The van der Waals surface area contributed by atoms with E-state index in [2.05, 4.69) is 34.6 Å². The number of para-hydroxylation sites is 1. The molecule has 5 nitrogen and oxygen atoms in total. The number of rotatable bonds is 5. The topological polar surface area (TPSA) is 74.3 Å². The Hall–Kier alpha value is -3.51. The Morgan fingerprint density at radius 3 is 2.37 bits per heavy atom. The minimum atomic E-state index is -1.16. The maximum Gasteiger partial charge on any atom is 0.352 e. The third-order valence-corrected chi connectivity index (χ3v) is 5.01. The zero-order valence-corrected chi connectivity index (χ0v) is 16.8. The van der Waals surface area contributed by atoms with Gasteiger partial charge in [-0.05, 0) is 48.4 Å². The van der Waals surface area contributed by atoms with Crippen LogP contribution in [0.25, 0.3) is 22.0 Å². The molecule has 30 heavy (non-hydrogen) atoms. The summed E-state index contributed by atoms with van der Waals surface area (Å²) in [6, 6.07) is 17.9. The third kappa shape index (κ3) is 3.69. The van der Waals surface area contributed by atoms with Crippen LogP contribution in [0, 0.1) is 5.82 Å². The van der Waals surface area contributed by atoms with Gasteiger partial charge in [-0.25, -0.2) is 9.18 Å². The summed E-state index contributed by atoms with van der Waals surface area (Å²) in [6.45, 7) is 2.28. The van der Waals surface area contributed by atoms with Crippen molar-refractivity contribution in [3.8, 4) is 16.9 Å². The van der Waals surface area contributed by atoms with E-state index in [1.807, 2.05) is 6.92 Å². The highest BCUT2D eigenvalue weighted by molar-refractivity contribution is 6.32. The average Bonchev–Trinajstić information content (AvgIpc) is 3.17. The molecule has 7 heteroatoms. The number of carboxylic acids is 1. The monoisotopic (exact) mass is 424 g/mol. The Kier molecular flexibility index (Phi) is 5.33. The van der Waals surface area contributed by atoms with Gasteiger partial charge >= 0.3 is 5.97 Å². The maximum atomic E-state index is 13.9. The molecular weight excluding hydrogens is 407 g/mol. The highest BCUT2D eigenvalue weighted by Gasteiger charge is 2.15. The van der Waals surface area contributed by atoms with E-state index in [0.717, 1.165) is 0 Å². The second kappa shape index (κ2) is 8.08. The number of hydrogen-bond acceptors (Lipinski definition) is 3. The molecule has 3 N–H and O–H groups in total. The van der Waals surface area contributed by atoms with Gasteiger partial charge in [0.1, 0.15) is 11.5 Å². The predicted molar refractivity (Wildman–Crippen MR) is 117 cm³/mol. The lowest BCUT2D eigenvalue weighted by molar-refractivity contribution is 0.0691. The van der Waals surface area contributed by atoms with Crippen LogP contribution >= 0.6 is 11.6 Å². The number of aromatic nitrogens is 1. The summed E-state index contributed by atoms with van der Waals surface area (Å²) in [5.74, 6) is -1.21. The quantitative estimate of drug-likeness (QED) is 0.302. The molecule has 1 aromatic heterocycles. The smallest absolute Gasteiger partial charge is 0.352 e. The number of hydrogen-bond donors (Lipinski definition) is 3. The standard InChI is InChI=1S/C17H14ClFN2O3.C6H4/c1-2-24-16-10(18)4-3-5-13(16)20-12-7-6-11(19)15-9(12)8-14(21-15)17(22)23;1-2-6-4-3-5(1)6/h3-8,20-21H,2H2,1H3,(H,22,23);1-4H. The SMILES string of the molecule is CCOc1c(Cl)cccc1Nc1ccc(F)c2[nH]c(C(=O)O)cc12.c1cc2ccc1-2. The van der Waals surface area contributed by atoms with Crippen LogP contribution in [-0.4, -0.2) is 22.7 Å². The largest absolute Gasteiger partial charge is 0.490 e. The lowest BCUT2D eigenvalue weighted by atomic mass is 9.95. The van der Waals surface area contributed by atoms with Crippen molar-refractivity contribution in [2.24, 2.45) is 0 Å². The molecule has 0 radical (unpaired) electrons. The summed E-state index contributed by atoms with van der Waals surface area (Å²) in [7, 11) is 0. The van der Waals surface area contributed by atoms with E-state index in [9.17, 15) is 9.18 Å². The second-order valence-corrected chi connectivity index (χ2v) is 7.03. The van der Waals surface area contributed by atoms with Gasteiger partial charge in [-0.15, -0.1) is 0 Å². The van der Waals surface area contributed by atoms with E-state index in [0.29, 0.717) is 34.1 Å². The molecule has 0 saturated carbocycles. The number of ether oxygens (including phenoxy) is 1. The van der Waals surface area contributed by atoms with E-state index < -0.39 is 11.8 Å². The molecular formula is C23H18ClFN2O3. The van der Waals surface area contributed by atoms with E-state index >= 15 is 0 Å². The lowest BCUT2D eigenvalue weighted by Gasteiger charge is -2.14. The Labute approximate surface area is 177 Å². The first-order valence-corrected chi connectivity index (χ1v) is 9.69. The van der Waals surface area contributed by atoms with Gasteiger partial charge in [0, 0.05) is 11.1 Å². The second-order valence-electron chi connectivity index (χ2n) is 6.62. The first-order valence-electron chi connectivity index (χ1n) is 9.31. The molecule has 2 aliphatic carbocycles. The Balaban J connectivity index is 0.000000305. The van der Waals surface area contributed by atoms with Gasteiger partial charge in [0.15, 0.2) is 5.75 Å². The fourth-order valence-corrected chi connectivity index (χ4v) is 3.34. The van der Waals surface area contributed by atoms with Crippen molar-refractivity contribution in [2.75, 3.05) is 11.9 Å². The first kappa shape index (κ1) is 19.8. The van der Waals surface area contributed by atoms with Crippen molar-refractivity contribution < 1.29 is 19.0 Å². The van der Waals surface area contributed by atoms with E-state index in [1.54, 1.807) is 18.2 Å². The summed E-state index contributed by atoms with van der Waals surface area (Å²) in [5, 5.41) is 13.1. The predicted octanol–water partition coefficient (Wildman–Crippen LogP) is 6.47. The Morgan fingerprint density at radius 1 is 1.10 bits per heavy atom. The summed E-state index contributed by atoms with van der Waals surface area (Å²) >= 11 is 6.15. The average molecular weight is 425 g/mol. The van der Waals surface area contributed by atoms with E-state index in [1.165, 1.54) is 29.3 Å². The molecule has 0 unspecified atom stereocenters. The molecule has 0 fully saturated rings. The number of anilines is 2. The van der Waals surface area contributed by atoms with Crippen LogP contribution in [0.1, 0.15) is 17.4 Å². The molecule has 0 spiro atoms. The van der Waals surface area contributed by atoms with E-state index in [-0.39, 0.29) is 11.2 Å². The van der Waals surface area contributed by atoms with Gasteiger partial charge in [-0.1, -0.05) is 41.9 Å². The van der Waals surface area contributed by atoms with Gasteiger partial charge in [-0.2, -0.15) is 0 Å². The third-order valence-electron chi connectivity index (χ3n) is 4.72. The molecule has 0 amide bonds. The van der Waals surface area contributed by atoms with Gasteiger partial charge in [0.2, 0.25) is 0 Å². The van der Waals surface area contributed by atoms with Crippen molar-refractivity contribution in [1.82, 2.24) is 4.98 Å². The first-order chi connectivity index (χ1) is 14.5. The zero-order valence-electron chi connectivity index (χ0n) is 16.0. The lowest BCUT2D eigenvalue weighted by Crippen LogP contribution is -1.99. The van der Waals surface area contributed by atoms with Gasteiger partial charge in [-0.3, -0.25) is 0 Å². The Morgan fingerprint density at radius 2 is 1.80 bits per heavy atom. The number of benzene rings is 3. The summed E-state index contributed by atoms with van der Waals surface area (Å²) < 4.78 is 19.5. The van der Waals surface area contributed by atoms with E-state index in [4.69, 9.17) is 21.4 Å². The van der Waals surface area contributed by atoms with Crippen LogP contribution in [0.2, 0.25) is 5.02 Å². The number of carbonyl (C=O) groups is 1. The molecule has 0 aliphatic heterocycles. The molecule has 2 aliphatic rings. The van der Waals surface area contributed by atoms with Crippen molar-refractivity contribution in [3.63, 3.8) is 0 Å². The highest BCUT2D eigenvalue weighted by atomic mass is 35.5. The van der Waals surface area contributed by atoms with Crippen LogP contribution in [0.15, 0.2) is 60.7 Å². The van der Waals surface area contributed by atoms with Crippen molar-refractivity contribution in [3.05, 3.63) is 77.2 Å².